The average molecular weight is 374 g/mol. The van der Waals surface area contributed by atoms with Gasteiger partial charge in [0.1, 0.15) is 5.01 Å². The van der Waals surface area contributed by atoms with E-state index in [0.29, 0.717) is 6.54 Å². The van der Waals surface area contributed by atoms with Crippen LogP contribution >= 0.6 is 11.3 Å². The van der Waals surface area contributed by atoms with Crippen LogP contribution in [0.1, 0.15) is 21.0 Å². The number of guanidine groups is 1. The minimum absolute atomic E-state index is 0.691. The summed E-state index contributed by atoms with van der Waals surface area (Å²) >= 11 is 1.70. The number of nitrogens with one attached hydrogen (secondary N) is 2. The van der Waals surface area contributed by atoms with Crippen LogP contribution in [0.25, 0.3) is 0 Å². The minimum atomic E-state index is 0.691. The number of hydrogen-bond acceptors (Lipinski definition) is 5. The van der Waals surface area contributed by atoms with Gasteiger partial charge in [0, 0.05) is 44.3 Å². The monoisotopic (exact) mass is 373 g/mol. The lowest BCUT2D eigenvalue weighted by molar-refractivity contribution is 0.0342. The smallest absolute Gasteiger partial charge is 0.191 e. The predicted molar refractivity (Wildman–Crippen MR) is 106 cm³/mol. The van der Waals surface area contributed by atoms with Gasteiger partial charge in [0.25, 0.3) is 0 Å². The molecule has 1 aromatic carbocycles. The van der Waals surface area contributed by atoms with E-state index in [2.05, 4.69) is 56.7 Å². The van der Waals surface area contributed by atoms with Crippen molar-refractivity contribution in [3.8, 4) is 0 Å². The Morgan fingerprint density at radius 1 is 1.15 bits per heavy atom. The SMILES string of the molecule is CN=C(NCc1ccc(CN2CCOCC2)cc1)NCc1ncc(C)s1. The summed E-state index contributed by atoms with van der Waals surface area (Å²) in [6, 6.07) is 8.78. The summed E-state index contributed by atoms with van der Waals surface area (Å²) in [4.78, 5) is 12.3. The number of aryl methyl sites for hydroxylation is 1. The molecule has 0 radical (unpaired) electrons. The quantitative estimate of drug-likeness (QED) is 0.600. The second kappa shape index (κ2) is 9.66. The molecule has 3 rings (SSSR count). The third-order valence-electron chi connectivity index (χ3n) is 4.29. The van der Waals surface area contributed by atoms with Gasteiger partial charge in [-0.2, -0.15) is 0 Å². The fourth-order valence-electron chi connectivity index (χ4n) is 2.83. The topological polar surface area (TPSA) is 61.8 Å². The maximum Gasteiger partial charge on any atom is 0.191 e. The summed E-state index contributed by atoms with van der Waals surface area (Å²) in [5.41, 5.74) is 2.58. The van der Waals surface area contributed by atoms with Crippen molar-refractivity contribution < 1.29 is 4.74 Å². The molecular formula is C19H27N5OS. The van der Waals surface area contributed by atoms with Crippen LogP contribution in [0.3, 0.4) is 0 Å². The zero-order valence-corrected chi connectivity index (χ0v) is 16.3. The van der Waals surface area contributed by atoms with E-state index in [-0.39, 0.29) is 0 Å². The molecule has 2 heterocycles. The molecule has 1 fully saturated rings. The Kier molecular flexibility index (Phi) is 6.99. The molecule has 6 nitrogen and oxygen atoms in total. The Bertz CT molecular complexity index is 707. The van der Waals surface area contributed by atoms with Crippen LogP contribution in [0.2, 0.25) is 0 Å². The number of morpholine rings is 1. The van der Waals surface area contributed by atoms with E-state index in [4.69, 9.17) is 4.74 Å². The van der Waals surface area contributed by atoms with E-state index in [1.165, 1.54) is 16.0 Å². The van der Waals surface area contributed by atoms with Crippen molar-refractivity contribution in [2.75, 3.05) is 33.4 Å². The maximum atomic E-state index is 5.40. The largest absolute Gasteiger partial charge is 0.379 e. The van der Waals surface area contributed by atoms with Crippen molar-refractivity contribution in [2.24, 2.45) is 4.99 Å². The van der Waals surface area contributed by atoms with E-state index < -0.39 is 0 Å². The van der Waals surface area contributed by atoms with E-state index in [0.717, 1.165) is 50.4 Å². The number of hydrogen-bond donors (Lipinski definition) is 2. The predicted octanol–water partition coefficient (Wildman–Crippen LogP) is 2.15. The minimum Gasteiger partial charge on any atom is -0.379 e. The van der Waals surface area contributed by atoms with Crippen molar-refractivity contribution in [3.63, 3.8) is 0 Å². The second-order valence-electron chi connectivity index (χ2n) is 6.35. The highest BCUT2D eigenvalue weighted by molar-refractivity contribution is 7.11. The van der Waals surface area contributed by atoms with Crippen LogP contribution < -0.4 is 10.6 Å². The number of aromatic nitrogens is 1. The fraction of sp³-hybridized carbons (Fsp3) is 0.474. The van der Waals surface area contributed by atoms with Gasteiger partial charge < -0.3 is 15.4 Å². The second-order valence-corrected chi connectivity index (χ2v) is 7.67. The van der Waals surface area contributed by atoms with Gasteiger partial charge in [0.05, 0.1) is 19.8 Å². The standard InChI is InChI=1S/C19H27N5OS/c1-15-11-21-18(26-15)13-23-19(20-2)22-12-16-3-5-17(6-4-16)14-24-7-9-25-10-8-24/h3-6,11H,7-10,12-14H2,1-2H3,(H2,20,22,23). The molecule has 0 saturated carbocycles. The van der Waals surface area contributed by atoms with Gasteiger partial charge in [-0.25, -0.2) is 4.98 Å². The van der Waals surface area contributed by atoms with E-state index in [9.17, 15) is 0 Å². The first-order valence-electron chi connectivity index (χ1n) is 8.96. The molecule has 0 atom stereocenters. The molecule has 1 aromatic heterocycles. The van der Waals surface area contributed by atoms with Crippen molar-refractivity contribution in [2.45, 2.75) is 26.6 Å². The van der Waals surface area contributed by atoms with E-state index in [1.54, 1.807) is 18.4 Å². The number of thiazole rings is 1. The van der Waals surface area contributed by atoms with Crippen molar-refractivity contribution in [3.05, 3.63) is 51.5 Å². The lowest BCUT2D eigenvalue weighted by Crippen LogP contribution is -2.36. The first kappa shape index (κ1) is 18.8. The summed E-state index contributed by atoms with van der Waals surface area (Å²) < 4.78 is 5.40. The molecule has 1 aliphatic heterocycles. The Labute approximate surface area is 159 Å². The number of benzene rings is 1. The van der Waals surface area contributed by atoms with Crippen molar-refractivity contribution in [1.29, 1.82) is 0 Å². The van der Waals surface area contributed by atoms with Gasteiger partial charge in [0.15, 0.2) is 5.96 Å². The summed E-state index contributed by atoms with van der Waals surface area (Å²) in [5, 5.41) is 7.72. The summed E-state index contributed by atoms with van der Waals surface area (Å²) in [5.74, 6) is 0.787. The van der Waals surface area contributed by atoms with Crippen LogP contribution in [-0.2, 0) is 24.4 Å². The van der Waals surface area contributed by atoms with Gasteiger partial charge in [-0.05, 0) is 18.1 Å². The highest BCUT2D eigenvalue weighted by Gasteiger charge is 2.10. The molecule has 0 amide bonds. The van der Waals surface area contributed by atoms with Crippen molar-refractivity contribution >= 4 is 17.3 Å². The number of rotatable bonds is 6. The molecule has 0 aliphatic carbocycles. The normalized spacial score (nSPS) is 15.8. The number of aliphatic imine (C=N–C) groups is 1. The van der Waals surface area contributed by atoms with Crippen LogP contribution in [0, 0.1) is 6.92 Å². The highest BCUT2D eigenvalue weighted by atomic mass is 32.1. The molecule has 0 unspecified atom stereocenters. The molecule has 2 N–H and O–H groups in total. The Balaban J connectivity index is 1.44. The van der Waals surface area contributed by atoms with Crippen LogP contribution in [-0.4, -0.2) is 49.2 Å². The molecular weight excluding hydrogens is 346 g/mol. The van der Waals surface area contributed by atoms with Crippen LogP contribution in [0.5, 0.6) is 0 Å². The molecule has 7 heteroatoms. The first-order valence-corrected chi connectivity index (χ1v) is 9.78. The lowest BCUT2D eigenvalue weighted by Gasteiger charge is -2.26. The summed E-state index contributed by atoms with van der Waals surface area (Å²) in [7, 11) is 1.79. The number of ether oxygens (including phenoxy) is 1. The van der Waals surface area contributed by atoms with Gasteiger partial charge in [-0.3, -0.25) is 9.89 Å². The van der Waals surface area contributed by atoms with Gasteiger partial charge in [0.2, 0.25) is 0 Å². The summed E-state index contributed by atoms with van der Waals surface area (Å²) in [6.45, 7) is 8.22. The van der Waals surface area contributed by atoms with E-state index >= 15 is 0 Å². The molecule has 1 aliphatic rings. The molecule has 0 spiro atoms. The van der Waals surface area contributed by atoms with Gasteiger partial charge in [-0.15, -0.1) is 11.3 Å². The lowest BCUT2D eigenvalue weighted by atomic mass is 10.1. The maximum absolute atomic E-state index is 5.40. The first-order chi connectivity index (χ1) is 12.7. The van der Waals surface area contributed by atoms with Gasteiger partial charge in [-0.1, -0.05) is 24.3 Å². The third kappa shape index (κ3) is 5.79. The van der Waals surface area contributed by atoms with Crippen LogP contribution in [0.4, 0.5) is 0 Å². The van der Waals surface area contributed by atoms with Crippen LogP contribution in [0.15, 0.2) is 35.5 Å². The third-order valence-corrected chi connectivity index (χ3v) is 5.21. The zero-order chi connectivity index (χ0) is 18.2. The average Bonchev–Trinajstić information content (AvgIpc) is 3.09. The van der Waals surface area contributed by atoms with E-state index in [1.807, 2.05) is 6.20 Å². The zero-order valence-electron chi connectivity index (χ0n) is 15.5. The fourth-order valence-corrected chi connectivity index (χ4v) is 3.56. The Morgan fingerprint density at radius 3 is 2.50 bits per heavy atom. The highest BCUT2D eigenvalue weighted by Crippen LogP contribution is 2.11. The Morgan fingerprint density at radius 2 is 1.85 bits per heavy atom. The molecule has 1 saturated heterocycles. The Hall–Kier alpha value is -1.96. The summed E-state index contributed by atoms with van der Waals surface area (Å²) in [6.07, 6.45) is 1.90. The molecule has 0 bridgehead atoms. The van der Waals surface area contributed by atoms with Crippen molar-refractivity contribution in [1.82, 2.24) is 20.5 Å². The van der Waals surface area contributed by atoms with Gasteiger partial charge >= 0.3 is 0 Å². The molecule has 2 aromatic rings. The molecule has 26 heavy (non-hydrogen) atoms. The number of nitrogens with zero attached hydrogens (tertiary/aromatic N) is 3. The molecule has 140 valence electrons.